The van der Waals surface area contributed by atoms with Crippen molar-refractivity contribution in [3.05, 3.63) is 35.2 Å². The van der Waals surface area contributed by atoms with E-state index >= 15 is 0 Å². The third-order valence-corrected chi connectivity index (χ3v) is 4.46. The van der Waals surface area contributed by atoms with Crippen LogP contribution in [0.2, 0.25) is 0 Å². The Bertz CT molecular complexity index is 530. The fraction of sp³-hybridized carbons (Fsp3) is 0.308. The van der Waals surface area contributed by atoms with Gasteiger partial charge in [0.15, 0.2) is 0 Å². The summed E-state index contributed by atoms with van der Waals surface area (Å²) < 4.78 is 1.29. The van der Waals surface area contributed by atoms with E-state index in [4.69, 9.17) is 0 Å². The summed E-state index contributed by atoms with van der Waals surface area (Å²) in [6.45, 7) is 1.51. The molecule has 1 aliphatic heterocycles. The molecule has 2 heterocycles. The van der Waals surface area contributed by atoms with Gasteiger partial charge in [0.1, 0.15) is 0 Å². The summed E-state index contributed by atoms with van der Waals surface area (Å²) in [6.07, 6.45) is 0.577. The Morgan fingerprint density at radius 3 is 2.94 bits per heavy atom. The fourth-order valence-electron chi connectivity index (χ4n) is 2.21. The molecule has 1 saturated heterocycles. The van der Waals surface area contributed by atoms with Gasteiger partial charge >= 0.3 is 0 Å². The fourth-order valence-corrected chi connectivity index (χ4v) is 3.64. The van der Waals surface area contributed by atoms with E-state index in [0.717, 1.165) is 13.1 Å². The highest BCUT2D eigenvalue weighted by atomic mass is 32.1. The van der Waals surface area contributed by atoms with Gasteiger partial charge in [-0.3, -0.25) is 4.79 Å². The summed E-state index contributed by atoms with van der Waals surface area (Å²) in [7, 11) is 0. The van der Waals surface area contributed by atoms with E-state index in [0.29, 0.717) is 6.42 Å². The third-order valence-electron chi connectivity index (χ3n) is 3.02. The molecule has 4 heteroatoms. The largest absolute Gasteiger partial charge is 0.336 e. The molecule has 3 rings (SSSR count). The number of nitrogens with zero attached hydrogens (tertiary/aromatic N) is 1. The van der Waals surface area contributed by atoms with Crippen LogP contribution in [-0.4, -0.2) is 22.6 Å². The number of rotatable bonds is 2. The van der Waals surface area contributed by atoms with Gasteiger partial charge in [0.2, 0.25) is 5.91 Å². The standard InChI is InChI=1S/C13H13NOS2/c15-13-6-10(16)7-14(13)8-11-5-9-3-1-2-4-12(9)17-11/h1-5,10,16H,6-8H2. The molecule has 0 saturated carbocycles. The monoisotopic (exact) mass is 263 g/mol. The third kappa shape index (κ3) is 2.19. The first-order valence-electron chi connectivity index (χ1n) is 5.65. The molecule has 1 amide bonds. The number of hydrogen-bond donors (Lipinski definition) is 1. The van der Waals surface area contributed by atoms with Crippen molar-refractivity contribution in [2.75, 3.05) is 6.54 Å². The number of benzene rings is 1. The van der Waals surface area contributed by atoms with E-state index in [1.807, 2.05) is 17.0 Å². The molecule has 0 spiro atoms. The Hall–Kier alpha value is -1.00. The summed E-state index contributed by atoms with van der Waals surface area (Å²) in [5, 5.41) is 1.47. The van der Waals surface area contributed by atoms with Crippen LogP contribution < -0.4 is 0 Å². The second-order valence-electron chi connectivity index (χ2n) is 4.38. The number of amides is 1. The molecule has 0 radical (unpaired) electrons. The smallest absolute Gasteiger partial charge is 0.224 e. The van der Waals surface area contributed by atoms with Gasteiger partial charge in [-0.1, -0.05) is 18.2 Å². The zero-order valence-corrected chi connectivity index (χ0v) is 11.0. The first-order chi connectivity index (χ1) is 8.22. The van der Waals surface area contributed by atoms with Crippen molar-refractivity contribution in [2.24, 2.45) is 0 Å². The molecule has 1 aromatic heterocycles. The SMILES string of the molecule is O=C1CC(S)CN1Cc1cc2ccccc2s1. The summed E-state index contributed by atoms with van der Waals surface area (Å²) in [5.41, 5.74) is 0. The van der Waals surface area contributed by atoms with E-state index in [1.165, 1.54) is 15.0 Å². The van der Waals surface area contributed by atoms with Gasteiger partial charge in [-0.25, -0.2) is 0 Å². The van der Waals surface area contributed by atoms with Gasteiger partial charge in [0.25, 0.3) is 0 Å². The predicted molar refractivity (Wildman–Crippen MR) is 74.6 cm³/mol. The summed E-state index contributed by atoms with van der Waals surface area (Å²) in [6, 6.07) is 10.5. The number of thiol groups is 1. The van der Waals surface area contributed by atoms with E-state index < -0.39 is 0 Å². The Balaban J connectivity index is 1.83. The molecule has 1 fully saturated rings. The molecule has 1 atom stereocenters. The minimum atomic E-state index is 0.205. The molecule has 2 aromatic rings. The van der Waals surface area contributed by atoms with E-state index in [-0.39, 0.29) is 11.2 Å². The lowest BCUT2D eigenvalue weighted by Crippen LogP contribution is -2.24. The Morgan fingerprint density at radius 2 is 2.24 bits per heavy atom. The van der Waals surface area contributed by atoms with Crippen LogP contribution in [0.1, 0.15) is 11.3 Å². The Labute approximate surface area is 110 Å². The van der Waals surface area contributed by atoms with Crippen molar-refractivity contribution in [3.63, 3.8) is 0 Å². The van der Waals surface area contributed by atoms with Gasteiger partial charge in [0, 0.05) is 27.8 Å². The lowest BCUT2D eigenvalue weighted by atomic mass is 10.2. The highest BCUT2D eigenvalue weighted by molar-refractivity contribution is 7.81. The average molecular weight is 263 g/mol. The van der Waals surface area contributed by atoms with E-state index in [9.17, 15) is 4.79 Å². The minimum absolute atomic E-state index is 0.205. The van der Waals surface area contributed by atoms with Gasteiger partial charge in [-0.2, -0.15) is 12.6 Å². The van der Waals surface area contributed by atoms with Gasteiger partial charge in [-0.15, -0.1) is 11.3 Å². The zero-order valence-electron chi connectivity index (χ0n) is 9.30. The predicted octanol–water partition coefficient (Wildman–Crippen LogP) is 2.93. The first kappa shape index (κ1) is 11.1. The van der Waals surface area contributed by atoms with Crippen molar-refractivity contribution in [3.8, 4) is 0 Å². The topological polar surface area (TPSA) is 20.3 Å². The van der Waals surface area contributed by atoms with Gasteiger partial charge in [0.05, 0.1) is 6.54 Å². The van der Waals surface area contributed by atoms with E-state index in [2.05, 4.69) is 30.8 Å². The Morgan fingerprint density at radius 1 is 1.41 bits per heavy atom. The molecule has 1 aliphatic rings. The van der Waals surface area contributed by atoms with Crippen LogP contribution in [0, 0.1) is 0 Å². The second-order valence-corrected chi connectivity index (χ2v) is 6.28. The summed E-state index contributed by atoms with van der Waals surface area (Å²) >= 11 is 6.14. The van der Waals surface area contributed by atoms with Crippen molar-refractivity contribution < 1.29 is 4.79 Å². The molecule has 1 aromatic carbocycles. The Kier molecular flexibility index (Phi) is 2.84. The number of likely N-dealkylation sites (tertiary alicyclic amines) is 1. The summed E-state index contributed by atoms with van der Waals surface area (Å²) in [4.78, 5) is 14.8. The highest BCUT2D eigenvalue weighted by Gasteiger charge is 2.27. The number of thiophene rings is 1. The molecule has 1 unspecified atom stereocenters. The first-order valence-corrected chi connectivity index (χ1v) is 6.99. The molecule has 0 bridgehead atoms. The van der Waals surface area contributed by atoms with Crippen LogP contribution >= 0.6 is 24.0 Å². The van der Waals surface area contributed by atoms with Crippen molar-refractivity contribution in [1.82, 2.24) is 4.90 Å². The number of carbonyl (C=O) groups excluding carboxylic acids is 1. The summed E-state index contributed by atoms with van der Waals surface area (Å²) in [5.74, 6) is 0.224. The average Bonchev–Trinajstić information content (AvgIpc) is 2.82. The van der Waals surface area contributed by atoms with Crippen LogP contribution in [0.4, 0.5) is 0 Å². The van der Waals surface area contributed by atoms with Gasteiger partial charge < -0.3 is 4.90 Å². The van der Waals surface area contributed by atoms with Crippen molar-refractivity contribution in [1.29, 1.82) is 0 Å². The molecule has 0 N–H and O–H groups in total. The number of hydrogen-bond acceptors (Lipinski definition) is 3. The quantitative estimate of drug-likeness (QED) is 0.826. The molecular formula is C13H13NOS2. The molecule has 2 nitrogen and oxygen atoms in total. The van der Waals surface area contributed by atoms with Crippen LogP contribution in [0.3, 0.4) is 0 Å². The second kappa shape index (κ2) is 4.35. The highest BCUT2D eigenvalue weighted by Crippen LogP contribution is 2.28. The van der Waals surface area contributed by atoms with Crippen LogP contribution in [-0.2, 0) is 11.3 Å². The number of carbonyl (C=O) groups is 1. The maximum Gasteiger partial charge on any atom is 0.224 e. The molecule has 17 heavy (non-hydrogen) atoms. The lowest BCUT2D eigenvalue weighted by molar-refractivity contribution is -0.128. The van der Waals surface area contributed by atoms with Crippen LogP contribution in [0.15, 0.2) is 30.3 Å². The maximum atomic E-state index is 11.7. The maximum absolute atomic E-state index is 11.7. The van der Waals surface area contributed by atoms with Crippen LogP contribution in [0.5, 0.6) is 0 Å². The normalized spacial score (nSPS) is 20.4. The van der Waals surface area contributed by atoms with E-state index in [1.54, 1.807) is 11.3 Å². The van der Waals surface area contributed by atoms with Crippen molar-refractivity contribution in [2.45, 2.75) is 18.2 Å². The molecular weight excluding hydrogens is 250 g/mol. The van der Waals surface area contributed by atoms with Crippen LogP contribution in [0.25, 0.3) is 10.1 Å². The number of fused-ring (bicyclic) bond motifs is 1. The molecule has 88 valence electrons. The van der Waals surface area contributed by atoms with Gasteiger partial charge in [-0.05, 0) is 17.5 Å². The molecule has 0 aliphatic carbocycles. The zero-order chi connectivity index (χ0) is 11.8. The minimum Gasteiger partial charge on any atom is -0.336 e. The van der Waals surface area contributed by atoms with Crippen molar-refractivity contribution >= 4 is 40.0 Å². The lowest BCUT2D eigenvalue weighted by Gasteiger charge is -2.14.